The van der Waals surface area contributed by atoms with Gasteiger partial charge in [0.15, 0.2) is 6.10 Å². The van der Waals surface area contributed by atoms with Crippen LogP contribution in [0, 0.1) is 0 Å². The quantitative estimate of drug-likeness (QED) is 0.911. The van der Waals surface area contributed by atoms with E-state index in [1.807, 2.05) is 4.90 Å². The van der Waals surface area contributed by atoms with Crippen molar-refractivity contribution in [1.29, 1.82) is 0 Å². The van der Waals surface area contributed by atoms with Crippen LogP contribution in [0.4, 0.5) is 0 Å². The Morgan fingerprint density at radius 1 is 1.16 bits per heavy atom. The van der Waals surface area contributed by atoms with Crippen LogP contribution in [0.5, 0.6) is 11.5 Å². The summed E-state index contributed by atoms with van der Waals surface area (Å²) in [6.07, 6.45) is 4.09. The molecule has 1 fully saturated rings. The Balaban J connectivity index is 1.92. The molecule has 104 valence electrons. The predicted octanol–water partition coefficient (Wildman–Crippen LogP) is 2.56. The molecule has 1 aromatic carbocycles. The van der Waals surface area contributed by atoms with Gasteiger partial charge >= 0.3 is 0 Å². The lowest BCUT2D eigenvalue weighted by atomic mass is 10.2. The van der Waals surface area contributed by atoms with E-state index in [4.69, 9.17) is 4.74 Å². The van der Waals surface area contributed by atoms with Crippen LogP contribution in [0.1, 0.15) is 32.6 Å². The maximum Gasteiger partial charge on any atom is 0.263 e. The van der Waals surface area contributed by atoms with Crippen LogP contribution in [0.3, 0.4) is 0 Å². The largest absolute Gasteiger partial charge is 0.508 e. The molecule has 0 aromatic heterocycles. The Kier molecular flexibility index (Phi) is 4.66. The minimum absolute atomic E-state index is 0.0509. The lowest BCUT2D eigenvalue weighted by Crippen LogP contribution is -2.40. The lowest BCUT2D eigenvalue weighted by Gasteiger charge is -2.24. The normalized spacial score (nSPS) is 17.6. The molecular formula is C15H21NO3. The Hall–Kier alpha value is -1.71. The molecule has 1 aromatic rings. The average Bonchev–Trinajstić information content (AvgIpc) is 2.69. The van der Waals surface area contributed by atoms with Crippen LogP contribution in [0.25, 0.3) is 0 Å². The molecule has 1 unspecified atom stereocenters. The van der Waals surface area contributed by atoms with Gasteiger partial charge in [-0.25, -0.2) is 0 Å². The third-order valence-electron chi connectivity index (χ3n) is 3.42. The summed E-state index contributed by atoms with van der Waals surface area (Å²) in [4.78, 5) is 14.2. The van der Waals surface area contributed by atoms with Gasteiger partial charge in [0.05, 0.1) is 0 Å². The number of ether oxygens (including phenoxy) is 1. The molecule has 0 radical (unpaired) electrons. The van der Waals surface area contributed by atoms with Crippen molar-refractivity contribution in [2.24, 2.45) is 0 Å². The number of phenolic OH excluding ortho intramolecular Hbond substituents is 1. The van der Waals surface area contributed by atoms with Crippen LogP contribution in [0.2, 0.25) is 0 Å². The molecule has 1 saturated heterocycles. The van der Waals surface area contributed by atoms with E-state index in [-0.39, 0.29) is 11.7 Å². The number of hydrogen-bond donors (Lipinski definition) is 1. The van der Waals surface area contributed by atoms with Crippen molar-refractivity contribution in [2.75, 3.05) is 13.1 Å². The summed E-state index contributed by atoms with van der Waals surface area (Å²) in [7, 11) is 0. The summed E-state index contributed by atoms with van der Waals surface area (Å²) in [6.45, 7) is 3.45. The second-order valence-electron chi connectivity index (χ2n) is 4.99. The van der Waals surface area contributed by atoms with Gasteiger partial charge in [-0.3, -0.25) is 4.79 Å². The number of rotatable bonds is 3. The Morgan fingerprint density at radius 3 is 2.32 bits per heavy atom. The third-order valence-corrected chi connectivity index (χ3v) is 3.42. The minimum Gasteiger partial charge on any atom is -0.508 e. The molecule has 0 spiro atoms. The first-order valence-electron chi connectivity index (χ1n) is 6.91. The molecule has 1 amide bonds. The van der Waals surface area contributed by atoms with Crippen molar-refractivity contribution in [3.05, 3.63) is 24.3 Å². The first kappa shape index (κ1) is 13.7. The highest BCUT2D eigenvalue weighted by Crippen LogP contribution is 2.18. The highest BCUT2D eigenvalue weighted by atomic mass is 16.5. The molecule has 19 heavy (non-hydrogen) atoms. The van der Waals surface area contributed by atoms with E-state index in [9.17, 15) is 9.90 Å². The monoisotopic (exact) mass is 263 g/mol. The molecule has 1 atom stereocenters. The second-order valence-corrected chi connectivity index (χ2v) is 4.99. The van der Waals surface area contributed by atoms with Gasteiger partial charge in [0.2, 0.25) is 0 Å². The van der Waals surface area contributed by atoms with E-state index in [0.29, 0.717) is 5.75 Å². The zero-order valence-corrected chi connectivity index (χ0v) is 11.3. The van der Waals surface area contributed by atoms with Crippen LogP contribution in [-0.2, 0) is 4.79 Å². The van der Waals surface area contributed by atoms with Crippen LogP contribution < -0.4 is 4.74 Å². The van der Waals surface area contributed by atoms with Crippen molar-refractivity contribution in [1.82, 2.24) is 4.90 Å². The number of aromatic hydroxyl groups is 1. The third kappa shape index (κ3) is 3.88. The van der Waals surface area contributed by atoms with E-state index in [1.54, 1.807) is 31.2 Å². The first-order valence-corrected chi connectivity index (χ1v) is 6.91. The molecule has 0 bridgehead atoms. The fourth-order valence-electron chi connectivity index (χ4n) is 2.33. The number of benzene rings is 1. The number of hydrogen-bond acceptors (Lipinski definition) is 3. The fraction of sp³-hybridized carbons (Fsp3) is 0.533. The number of phenols is 1. The number of carbonyl (C=O) groups excluding carboxylic acids is 1. The highest BCUT2D eigenvalue weighted by Gasteiger charge is 2.22. The van der Waals surface area contributed by atoms with Gasteiger partial charge in [0, 0.05) is 13.1 Å². The van der Waals surface area contributed by atoms with Crippen molar-refractivity contribution < 1.29 is 14.6 Å². The molecular weight excluding hydrogens is 242 g/mol. The first-order chi connectivity index (χ1) is 9.16. The van der Waals surface area contributed by atoms with E-state index < -0.39 is 6.10 Å². The molecule has 0 aliphatic carbocycles. The highest BCUT2D eigenvalue weighted by molar-refractivity contribution is 5.80. The van der Waals surface area contributed by atoms with Gasteiger partial charge in [-0.2, -0.15) is 0 Å². The summed E-state index contributed by atoms with van der Waals surface area (Å²) in [5.74, 6) is 0.849. The average molecular weight is 263 g/mol. The van der Waals surface area contributed by atoms with Gasteiger partial charge in [0.25, 0.3) is 5.91 Å². The summed E-state index contributed by atoms with van der Waals surface area (Å²) in [6, 6.07) is 6.44. The zero-order valence-electron chi connectivity index (χ0n) is 11.3. The molecule has 2 rings (SSSR count). The van der Waals surface area contributed by atoms with E-state index in [2.05, 4.69) is 0 Å². The smallest absolute Gasteiger partial charge is 0.263 e. The van der Waals surface area contributed by atoms with Crippen molar-refractivity contribution in [3.63, 3.8) is 0 Å². The minimum atomic E-state index is -0.484. The SMILES string of the molecule is CC(Oc1ccc(O)cc1)C(=O)N1CCCCCC1. The molecule has 4 nitrogen and oxygen atoms in total. The molecule has 0 saturated carbocycles. The lowest BCUT2D eigenvalue weighted by molar-refractivity contribution is -0.137. The van der Waals surface area contributed by atoms with Gasteiger partial charge < -0.3 is 14.7 Å². The molecule has 1 heterocycles. The second kappa shape index (κ2) is 6.45. The van der Waals surface area contributed by atoms with Crippen molar-refractivity contribution >= 4 is 5.91 Å². The van der Waals surface area contributed by atoms with Gasteiger partial charge in [-0.1, -0.05) is 12.8 Å². The number of amides is 1. The number of carbonyl (C=O) groups is 1. The van der Waals surface area contributed by atoms with E-state index >= 15 is 0 Å². The molecule has 4 heteroatoms. The van der Waals surface area contributed by atoms with Crippen LogP contribution in [-0.4, -0.2) is 35.1 Å². The standard InChI is InChI=1S/C15H21NO3/c1-12(19-14-8-6-13(17)7-9-14)15(18)16-10-4-2-3-5-11-16/h6-9,12,17H,2-5,10-11H2,1H3. The van der Waals surface area contributed by atoms with Crippen LogP contribution in [0.15, 0.2) is 24.3 Å². The number of likely N-dealkylation sites (tertiary alicyclic amines) is 1. The maximum absolute atomic E-state index is 12.3. The Labute approximate surface area is 114 Å². The summed E-state index contributed by atoms with van der Waals surface area (Å²) in [5, 5.41) is 9.20. The summed E-state index contributed by atoms with van der Waals surface area (Å²) >= 11 is 0. The molecule has 1 aliphatic heterocycles. The Bertz CT molecular complexity index is 408. The van der Waals surface area contributed by atoms with E-state index in [0.717, 1.165) is 25.9 Å². The fourth-order valence-corrected chi connectivity index (χ4v) is 2.33. The van der Waals surface area contributed by atoms with Crippen molar-refractivity contribution in [2.45, 2.75) is 38.7 Å². The number of nitrogens with zero attached hydrogens (tertiary/aromatic N) is 1. The predicted molar refractivity (Wildman–Crippen MR) is 73.2 cm³/mol. The van der Waals surface area contributed by atoms with Crippen LogP contribution >= 0.6 is 0 Å². The summed E-state index contributed by atoms with van der Waals surface area (Å²) in [5.41, 5.74) is 0. The van der Waals surface area contributed by atoms with E-state index in [1.165, 1.54) is 12.8 Å². The van der Waals surface area contributed by atoms with Crippen molar-refractivity contribution in [3.8, 4) is 11.5 Å². The maximum atomic E-state index is 12.3. The van der Waals surface area contributed by atoms with Gasteiger partial charge in [-0.15, -0.1) is 0 Å². The zero-order chi connectivity index (χ0) is 13.7. The Morgan fingerprint density at radius 2 is 1.74 bits per heavy atom. The van der Waals surface area contributed by atoms with Gasteiger partial charge in [0.1, 0.15) is 11.5 Å². The topological polar surface area (TPSA) is 49.8 Å². The summed E-state index contributed by atoms with van der Waals surface area (Å²) < 4.78 is 5.62. The molecule has 1 N–H and O–H groups in total. The van der Waals surface area contributed by atoms with Gasteiger partial charge in [-0.05, 0) is 44.0 Å². The molecule has 1 aliphatic rings.